The van der Waals surface area contributed by atoms with E-state index < -0.39 is 11.7 Å². The Balaban J connectivity index is 1.44. The summed E-state index contributed by atoms with van der Waals surface area (Å²) in [7, 11) is 1.74. The maximum absolute atomic E-state index is 12.4. The zero-order valence-electron chi connectivity index (χ0n) is 18.1. The first-order valence-electron chi connectivity index (χ1n) is 10.4. The summed E-state index contributed by atoms with van der Waals surface area (Å²) in [4.78, 5) is 42.1. The van der Waals surface area contributed by atoms with Crippen molar-refractivity contribution in [1.29, 1.82) is 0 Å². The normalized spacial score (nSPS) is 21.1. The Bertz CT molecular complexity index is 820. The monoisotopic (exact) mass is 417 g/mol. The first-order chi connectivity index (χ1) is 14.1. The molecule has 30 heavy (non-hydrogen) atoms. The number of nitrogens with zero attached hydrogens (tertiary/aromatic N) is 2. The lowest BCUT2D eigenvalue weighted by Gasteiger charge is -2.30. The molecule has 9 nitrogen and oxygen atoms in total. The number of hydrogen-bond donors (Lipinski definition) is 3. The predicted molar refractivity (Wildman–Crippen MR) is 112 cm³/mol. The molecule has 1 aromatic heterocycles. The van der Waals surface area contributed by atoms with Crippen molar-refractivity contribution >= 4 is 23.7 Å². The third-order valence-corrected chi connectivity index (χ3v) is 5.28. The van der Waals surface area contributed by atoms with Gasteiger partial charge in [0.25, 0.3) is 5.91 Å². The number of carbonyl (C=O) groups is 3. The van der Waals surface area contributed by atoms with Crippen molar-refractivity contribution < 1.29 is 19.1 Å². The second-order valence-corrected chi connectivity index (χ2v) is 9.14. The fourth-order valence-corrected chi connectivity index (χ4v) is 3.95. The molecule has 0 aromatic carbocycles. The van der Waals surface area contributed by atoms with Gasteiger partial charge in [0.2, 0.25) is 5.91 Å². The Morgan fingerprint density at radius 3 is 2.80 bits per heavy atom. The van der Waals surface area contributed by atoms with E-state index in [9.17, 15) is 14.4 Å². The summed E-state index contributed by atoms with van der Waals surface area (Å²) in [5.41, 5.74) is 6.47. The van der Waals surface area contributed by atoms with Crippen molar-refractivity contribution in [1.82, 2.24) is 20.6 Å². The summed E-state index contributed by atoms with van der Waals surface area (Å²) in [5.74, 6) is 0.520. The van der Waals surface area contributed by atoms with Crippen LogP contribution in [0.4, 0.5) is 10.6 Å². The van der Waals surface area contributed by atoms with Crippen LogP contribution in [0, 0.1) is 5.92 Å². The summed E-state index contributed by atoms with van der Waals surface area (Å²) in [6.07, 6.45) is 5.03. The van der Waals surface area contributed by atoms with Crippen LogP contribution >= 0.6 is 0 Å². The van der Waals surface area contributed by atoms with E-state index in [4.69, 9.17) is 4.74 Å². The number of alkyl carbamates (subject to hydrolysis) is 1. The van der Waals surface area contributed by atoms with E-state index in [2.05, 4.69) is 21.2 Å². The highest BCUT2D eigenvalue weighted by atomic mass is 16.6. The van der Waals surface area contributed by atoms with E-state index in [1.807, 2.05) is 20.8 Å². The van der Waals surface area contributed by atoms with Crippen molar-refractivity contribution in [3.05, 3.63) is 23.4 Å². The molecule has 0 spiro atoms. The standard InChI is InChI=1S/C21H31N5O4/c1-21(2,3)30-20(29)23-15-7-5-6-13(8-15)9-18(27)25-24-17-10-14-12-26(4)19(28)16(14)11-22-17/h10-11,13,15H,5-9,12H2,1-4H3,(H,22,24)(H,23,29)(H,25,27)/t13-,15+/m0/s1. The van der Waals surface area contributed by atoms with Crippen LogP contribution in [0.2, 0.25) is 0 Å². The zero-order valence-corrected chi connectivity index (χ0v) is 18.1. The minimum Gasteiger partial charge on any atom is -0.444 e. The van der Waals surface area contributed by atoms with Crippen LogP contribution in [0.25, 0.3) is 0 Å². The van der Waals surface area contributed by atoms with Gasteiger partial charge >= 0.3 is 6.09 Å². The van der Waals surface area contributed by atoms with Crippen molar-refractivity contribution in [3.63, 3.8) is 0 Å². The van der Waals surface area contributed by atoms with Gasteiger partial charge in [-0.3, -0.25) is 20.4 Å². The van der Waals surface area contributed by atoms with Crippen LogP contribution in [0.1, 0.15) is 68.8 Å². The molecule has 164 valence electrons. The molecule has 2 atom stereocenters. The molecule has 0 saturated heterocycles. The number of ether oxygens (including phenoxy) is 1. The first-order valence-corrected chi connectivity index (χ1v) is 10.4. The molecule has 3 amide bonds. The number of nitrogens with one attached hydrogen (secondary N) is 3. The molecular weight excluding hydrogens is 386 g/mol. The highest BCUT2D eigenvalue weighted by Gasteiger charge is 2.27. The Labute approximate surface area is 176 Å². The van der Waals surface area contributed by atoms with Crippen LogP contribution in [0.15, 0.2) is 12.3 Å². The average molecular weight is 418 g/mol. The van der Waals surface area contributed by atoms with E-state index in [0.717, 1.165) is 31.2 Å². The smallest absolute Gasteiger partial charge is 0.407 e. The minimum absolute atomic E-state index is 0.0206. The fourth-order valence-electron chi connectivity index (χ4n) is 3.95. The number of hydrazine groups is 1. The molecule has 3 rings (SSSR count). The second-order valence-electron chi connectivity index (χ2n) is 9.14. The van der Waals surface area contributed by atoms with Crippen LogP contribution in [-0.2, 0) is 16.1 Å². The van der Waals surface area contributed by atoms with Crippen molar-refractivity contribution in [2.24, 2.45) is 5.92 Å². The molecule has 2 aliphatic rings. The van der Waals surface area contributed by atoms with E-state index in [-0.39, 0.29) is 23.8 Å². The van der Waals surface area contributed by atoms with Crippen LogP contribution in [0.3, 0.4) is 0 Å². The number of aromatic nitrogens is 1. The van der Waals surface area contributed by atoms with Crippen molar-refractivity contribution in [2.45, 2.75) is 71.1 Å². The van der Waals surface area contributed by atoms with Gasteiger partial charge in [-0.2, -0.15) is 0 Å². The van der Waals surface area contributed by atoms with Gasteiger partial charge in [-0.05, 0) is 57.6 Å². The van der Waals surface area contributed by atoms with Gasteiger partial charge in [0.1, 0.15) is 11.4 Å². The maximum Gasteiger partial charge on any atom is 0.407 e. The van der Waals surface area contributed by atoms with Gasteiger partial charge in [0.05, 0.1) is 5.56 Å². The van der Waals surface area contributed by atoms with E-state index >= 15 is 0 Å². The number of rotatable bonds is 5. The molecule has 0 radical (unpaired) electrons. The molecule has 9 heteroatoms. The summed E-state index contributed by atoms with van der Waals surface area (Å²) >= 11 is 0. The molecule has 0 unspecified atom stereocenters. The SMILES string of the molecule is CN1Cc2cc(NNC(=O)C[C@H]3CCC[C@@H](NC(=O)OC(C)(C)C)C3)ncc2C1=O. The summed E-state index contributed by atoms with van der Waals surface area (Å²) < 4.78 is 5.32. The van der Waals surface area contributed by atoms with Crippen LogP contribution in [0.5, 0.6) is 0 Å². The highest BCUT2D eigenvalue weighted by molar-refractivity contribution is 5.98. The maximum atomic E-state index is 12.4. The lowest BCUT2D eigenvalue weighted by atomic mass is 9.83. The molecule has 1 aromatic rings. The van der Waals surface area contributed by atoms with Gasteiger partial charge in [0, 0.05) is 32.3 Å². The number of fused-ring (bicyclic) bond motifs is 1. The van der Waals surface area contributed by atoms with Gasteiger partial charge in [-0.15, -0.1) is 0 Å². The Kier molecular flexibility index (Phi) is 6.48. The molecule has 1 fully saturated rings. The van der Waals surface area contributed by atoms with E-state index in [0.29, 0.717) is 24.3 Å². The molecule has 0 bridgehead atoms. The largest absolute Gasteiger partial charge is 0.444 e. The lowest BCUT2D eigenvalue weighted by Crippen LogP contribution is -2.42. The van der Waals surface area contributed by atoms with Gasteiger partial charge < -0.3 is 15.0 Å². The Hall–Kier alpha value is -2.84. The lowest BCUT2D eigenvalue weighted by molar-refractivity contribution is -0.121. The van der Waals surface area contributed by atoms with Crippen LogP contribution < -0.4 is 16.2 Å². The van der Waals surface area contributed by atoms with E-state index in [1.165, 1.54) is 6.20 Å². The zero-order chi connectivity index (χ0) is 21.9. The molecule has 1 aliphatic carbocycles. The highest BCUT2D eigenvalue weighted by Crippen LogP contribution is 2.27. The summed E-state index contributed by atoms with van der Waals surface area (Å²) in [6, 6.07) is 1.80. The van der Waals surface area contributed by atoms with Gasteiger partial charge in [0.15, 0.2) is 0 Å². The number of carbonyl (C=O) groups excluding carboxylic acids is 3. The van der Waals surface area contributed by atoms with Crippen LogP contribution in [-0.4, -0.2) is 46.5 Å². The molecule has 3 N–H and O–H groups in total. The average Bonchev–Trinajstić information content (AvgIpc) is 2.92. The quantitative estimate of drug-likeness (QED) is 0.635. The molecular formula is C21H31N5O4. The molecule has 2 heterocycles. The molecule has 1 saturated carbocycles. The number of anilines is 1. The van der Waals surface area contributed by atoms with Gasteiger partial charge in [-0.25, -0.2) is 9.78 Å². The van der Waals surface area contributed by atoms with Crippen molar-refractivity contribution in [3.8, 4) is 0 Å². The topological polar surface area (TPSA) is 113 Å². The number of pyridine rings is 1. The number of hydrogen-bond acceptors (Lipinski definition) is 6. The minimum atomic E-state index is -0.530. The fraction of sp³-hybridized carbons (Fsp3) is 0.619. The Morgan fingerprint density at radius 1 is 1.30 bits per heavy atom. The third-order valence-electron chi connectivity index (χ3n) is 5.28. The summed E-state index contributed by atoms with van der Waals surface area (Å²) in [5, 5.41) is 2.92. The number of amides is 3. The van der Waals surface area contributed by atoms with Crippen molar-refractivity contribution in [2.75, 3.05) is 12.5 Å². The van der Waals surface area contributed by atoms with Gasteiger partial charge in [-0.1, -0.05) is 6.42 Å². The van der Waals surface area contributed by atoms with E-state index in [1.54, 1.807) is 18.0 Å². The summed E-state index contributed by atoms with van der Waals surface area (Å²) in [6.45, 7) is 6.03. The molecule has 1 aliphatic heterocycles. The third kappa shape index (κ3) is 5.84. The second kappa shape index (κ2) is 8.89. The first kappa shape index (κ1) is 21.9. The predicted octanol–water partition coefficient (Wildman–Crippen LogP) is 2.58. The Morgan fingerprint density at radius 2 is 2.07 bits per heavy atom.